The molecular formula is C15H16N4O4. The summed E-state index contributed by atoms with van der Waals surface area (Å²) in [5.74, 6) is -0.173. The summed E-state index contributed by atoms with van der Waals surface area (Å²) < 4.78 is 12.1. The fraction of sp³-hybridized carbons (Fsp3) is 0.333. The maximum absolute atomic E-state index is 12.7. The van der Waals surface area contributed by atoms with Crippen LogP contribution in [0.1, 0.15) is 6.42 Å². The molecule has 1 aliphatic heterocycles. The third-order valence-corrected chi connectivity index (χ3v) is 3.59. The van der Waals surface area contributed by atoms with Crippen LogP contribution in [0.2, 0.25) is 0 Å². The number of methoxy groups -OCH3 is 1. The van der Waals surface area contributed by atoms with Crippen molar-refractivity contribution < 1.29 is 19.1 Å². The number of esters is 1. The smallest absolute Gasteiger partial charge is 0.309 e. The molecule has 1 aliphatic rings. The van der Waals surface area contributed by atoms with E-state index in [0.29, 0.717) is 24.5 Å². The van der Waals surface area contributed by atoms with E-state index in [1.54, 1.807) is 28.2 Å². The number of amides is 1. The maximum Gasteiger partial charge on any atom is 0.309 e. The van der Waals surface area contributed by atoms with E-state index in [1.807, 2.05) is 18.2 Å². The molecule has 0 bridgehead atoms. The fourth-order valence-electron chi connectivity index (χ4n) is 2.42. The number of benzene rings is 1. The Kier molecular flexibility index (Phi) is 4.22. The fourth-order valence-corrected chi connectivity index (χ4v) is 2.42. The standard InChI is InChI=1S/C15H16N4O4/c1-22-14(20)8-13-15(21)19(7-6-18-9-16-17-10-18)11-4-2-3-5-12(11)23-13/h2-5,9-10,13H,6-8H2,1H3/t13-/m0/s1. The van der Waals surface area contributed by atoms with Crippen molar-refractivity contribution in [2.45, 2.75) is 19.1 Å². The molecule has 0 radical (unpaired) electrons. The Bertz CT molecular complexity index is 701. The first-order valence-electron chi connectivity index (χ1n) is 7.15. The van der Waals surface area contributed by atoms with Gasteiger partial charge in [0.2, 0.25) is 0 Å². The van der Waals surface area contributed by atoms with E-state index in [0.717, 1.165) is 0 Å². The van der Waals surface area contributed by atoms with Gasteiger partial charge < -0.3 is 18.9 Å². The number of aromatic nitrogens is 3. The van der Waals surface area contributed by atoms with Crippen molar-refractivity contribution >= 4 is 17.6 Å². The van der Waals surface area contributed by atoms with Gasteiger partial charge in [-0.25, -0.2) is 0 Å². The zero-order chi connectivity index (χ0) is 16.2. The van der Waals surface area contributed by atoms with Gasteiger partial charge in [0.15, 0.2) is 6.10 Å². The maximum atomic E-state index is 12.7. The highest BCUT2D eigenvalue weighted by Crippen LogP contribution is 2.34. The molecule has 2 aromatic rings. The number of rotatable bonds is 5. The number of anilines is 1. The van der Waals surface area contributed by atoms with E-state index in [9.17, 15) is 9.59 Å². The quantitative estimate of drug-likeness (QED) is 0.752. The third kappa shape index (κ3) is 3.15. The molecule has 0 aliphatic carbocycles. The Labute approximate surface area is 132 Å². The van der Waals surface area contributed by atoms with Crippen molar-refractivity contribution in [3.05, 3.63) is 36.9 Å². The summed E-state index contributed by atoms with van der Waals surface area (Å²) in [6.07, 6.45) is 2.18. The second-order valence-electron chi connectivity index (χ2n) is 5.04. The van der Waals surface area contributed by atoms with E-state index in [1.165, 1.54) is 7.11 Å². The molecule has 0 saturated carbocycles. The van der Waals surface area contributed by atoms with E-state index < -0.39 is 12.1 Å². The Morgan fingerprint density at radius 3 is 2.74 bits per heavy atom. The Balaban J connectivity index is 1.82. The summed E-state index contributed by atoms with van der Waals surface area (Å²) in [6, 6.07) is 7.25. The van der Waals surface area contributed by atoms with E-state index >= 15 is 0 Å². The number of fused-ring (bicyclic) bond motifs is 1. The van der Waals surface area contributed by atoms with Crippen LogP contribution in [0.25, 0.3) is 0 Å². The molecule has 0 fully saturated rings. The van der Waals surface area contributed by atoms with Gasteiger partial charge in [0.05, 0.1) is 19.2 Å². The summed E-state index contributed by atoms with van der Waals surface area (Å²) >= 11 is 0. The molecule has 0 N–H and O–H groups in total. The van der Waals surface area contributed by atoms with Crippen LogP contribution in [0.4, 0.5) is 5.69 Å². The molecule has 8 heteroatoms. The first-order valence-corrected chi connectivity index (χ1v) is 7.15. The monoisotopic (exact) mass is 316 g/mol. The molecule has 120 valence electrons. The van der Waals surface area contributed by atoms with Crippen LogP contribution in [-0.2, 0) is 20.9 Å². The molecule has 0 saturated heterocycles. The highest BCUT2D eigenvalue weighted by Gasteiger charge is 2.35. The topological polar surface area (TPSA) is 86.6 Å². The second-order valence-corrected chi connectivity index (χ2v) is 5.04. The number of carbonyl (C=O) groups is 2. The molecule has 1 amide bonds. The molecule has 8 nitrogen and oxygen atoms in total. The largest absolute Gasteiger partial charge is 0.478 e. The van der Waals surface area contributed by atoms with Crippen LogP contribution in [0.15, 0.2) is 36.9 Å². The summed E-state index contributed by atoms with van der Waals surface area (Å²) in [6.45, 7) is 0.965. The lowest BCUT2D eigenvalue weighted by Gasteiger charge is -2.34. The van der Waals surface area contributed by atoms with E-state index in [-0.39, 0.29) is 12.3 Å². The predicted molar refractivity (Wildman–Crippen MR) is 79.9 cm³/mol. The zero-order valence-electron chi connectivity index (χ0n) is 12.6. The van der Waals surface area contributed by atoms with Crippen LogP contribution in [0, 0.1) is 0 Å². The molecular weight excluding hydrogens is 300 g/mol. The van der Waals surface area contributed by atoms with Crippen molar-refractivity contribution in [2.75, 3.05) is 18.6 Å². The van der Waals surface area contributed by atoms with Crippen molar-refractivity contribution in [1.29, 1.82) is 0 Å². The molecule has 0 unspecified atom stereocenters. The van der Waals surface area contributed by atoms with Gasteiger partial charge >= 0.3 is 5.97 Å². The number of nitrogens with zero attached hydrogens (tertiary/aromatic N) is 4. The van der Waals surface area contributed by atoms with Gasteiger partial charge in [0.25, 0.3) is 5.91 Å². The minimum absolute atomic E-state index is 0.118. The number of para-hydroxylation sites is 2. The van der Waals surface area contributed by atoms with Gasteiger partial charge in [-0.1, -0.05) is 12.1 Å². The number of hydrogen-bond donors (Lipinski definition) is 0. The number of hydrogen-bond acceptors (Lipinski definition) is 6. The molecule has 23 heavy (non-hydrogen) atoms. The lowest BCUT2D eigenvalue weighted by atomic mass is 10.1. The molecule has 1 atom stereocenters. The first-order chi connectivity index (χ1) is 11.2. The van der Waals surface area contributed by atoms with E-state index in [4.69, 9.17) is 4.74 Å². The highest BCUT2D eigenvalue weighted by atomic mass is 16.5. The molecule has 3 rings (SSSR count). The van der Waals surface area contributed by atoms with Crippen molar-refractivity contribution in [1.82, 2.24) is 14.8 Å². The van der Waals surface area contributed by atoms with Crippen molar-refractivity contribution in [2.24, 2.45) is 0 Å². The van der Waals surface area contributed by atoms with Crippen LogP contribution >= 0.6 is 0 Å². The Morgan fingerprint density at radius 2 is 2.00 bits per heavy atom. The van der Waals surface area contributed by atoms with Gasteiger partial charge in [0.1, 0.15) is 18.4 Å². The van der Waals surface area contributed by atoms with Crippen LogP contribution in [0.3, 0.4) is 0 Å². The molecule has 1 aromatic heterocycles. The molecule has 2 heterocycles. The Morgan fingerprint density at radius 1 is 1.26 bits per heavy atom. The lowest BCUT2D eigenvalue weighted by Crippen LogP contribution is -2.48. The van der Waals surface area contributed by atoms with Crippen molar-refractivity contribution in [3.63, 3.8) is 0 Å². The van der Waals surface area contributed by atoms with Crippen molar-refractivity contribution in [3.8, 4) is 5.75 Å². The van der Waals surface area contributed by atoms with Gasteiger partial charge in [-0.15, -0.1) is 10.2 Å². The number of carbonyl (C=O) groups excluding carboxylic acids is 2. The number of ether oxygens (including phenoxy) is 2. The lowest BCUT2D eigenvalue weighted by molar-refractivity contribution is -0.145. The second kappa shape index (κ2) is 6.47. The SMILES string of the molecule is COC(=O)C[C@@H]1Oc2ccccc2N(CCn2cnnc2)C1=O. The van der Waals surface area contributed by atoms with Crippen LogP contribution in [0.5, 0.6) is 5.75 Å². The predicted octanol–water partition coefficient (Wildman–Crippen LogP) is 0.635. The average Bonchev–Trinajstić information content (AvgIpc) is 3.08. The highest BCUT2D eigenvalue weighted by molar-refractivity contribution is 6.01. The van der Waals surface area contributed by atoms with Gasteiger partial charge in [-0.2, -0.15) is 0 Å². The average molecular weight is 316 g/mol. The minimum atomic E-state index is -0.877. The van der Waals surface area contributed by atoms with Crippen LogP contribution in [-0.4, -0.2) is 46.4 Å². The van der Waals surface area contributed by atoms with Gasteiger partial charge in [-0.3, -0.25) is 9.59 Å². The third-order valence-electron chi connectivity index (χ3n) is 3.59. The van der Waals surface area contributed by atoms with Gasteiger partial charge in [-0.05, 0) is 12.1 Å². The molecule has 0 spiro atoms. The minimum Gasteiger partial charge on any atom is -0.478 e. The van der Waals surface area contributed by atoms with E-state index in [2.05, 4.69) is 14.9 Å². The summed E-state index contributed by atoms with van der Waals surface area (Å²) in [5, 5.41) is 7.48. The summed E-state index contributed by atoms with van der Waals surface area (Å²) in [4.78, 5) is 25.8. The van der Waals surface area contributed by atoms with Gasteiger partial charge in [0, 0.05) is 13.1 Å². The Hall–Kier alpha value is -2.90. The first kappa shape index (κ1) is 15.0. The molecule has 1 aromatic carbocycles. The zero-order valence-corrected chi connectivity index (χ0v) is 12.6. The van der Waals surface area contributed by atoms with Crippen LogP contribution < -0.4 is 9.64 Å². The summed E-state index contributed by atoms with van der Waals surface area (Å²) in [7, 11) is 1.29. The normalized spacial score (nSPS) is 16.7. The summed E-state index contributed by atoms with van der Waals surface area (Å²) in [5.41, 5.74) is 0.687.